The van der Waals surface area contributed by atoms with E-state index in [1.807, 2.05) is 31.2 Å². The SMILES string of the molecule is C=C(C)C(=O)OC.CC=Cc1ccccc1.O=C1C=CC(=O)O1. The Hall–Kier alpha value is -2.95. The minimum atomic E-state index is -0.579. The Kier molecular flexibility index (Phi) is 10.2. The highest BCUT2D eigenvalue weighted by Crippen LogP contribution is 1.99. The van der Waals surface area contributed by atoms with E-state index in [-0.39, 0.29) is 5.97 Å². The van der Waals surface area contributed by atoms with E-state index in [0.717, 1.165) is 12.2 Å². The molecule has 0 radical (unpaired) electrons. The van der Waals surface area contributed by atoms with E-state index in [1.54, 1.807) is 6.92 Å². The zero-order valence-electron chi connectivity index (χ0n) is 13.4. The number of cyclic esters (lactones) is 2. The number of hydrogen-bond acceptors (Lipinski definition) is 5. The molecule has 0 amide bonds. The highest BCUT2D eigenvalue weighted by atomic mass is 16.6. The number of rotatable bonds is 2. The van der Waals surface area contributed by atoms with Gasteiger partial charge in [-0.25, -0.2) is 14.4 Å². The summed E-state index contributed by atoms with van der Waals surface area (Å²) in [6.45, 7) is 6.98. The molecule has 5 nitrogen and oxygen atoms in total. The van der Waals surface area contributed by atoms with Gasteiger partial charge in [0.1, 0.15) is 0 Å². The second-order valence-electron chi connectivity index (χ2n) is 4.26. The van der Waals surface area contributed by atoms with Gasteiger partial charge in [-0.1, -0.05) is 49.1 Å². The van der Waals surface area contributed by atoms with Crippen molar-refractivity contribution in [1.82, 2.24) is 0 Å². The van der Waals surface area contributed by atoms with Gasteiger partial charge < -0.3 is 9.47 Å². The van der Waals surface area contributed by atoms with Crippen LogP contribution in [0.1, 0.15) is 19.4 Å². The summed E-state index contributed by atoms with van der Waals surface area (Å²) in [5, 5.41) is 0. The highest BCUT2D eigenvalue weighted by molar-refractivity contribution is 6.04. The Morgan fingerprint density at radius 3 is 1.91 bits per heavy atom. The molecule has 1 aliphatic heterocycles. The second kappa shape index (κ2) is 11.7. The molecule has 2 rings (SSSR count). The maximum atomic E-state index is 10.2. The zero-order valence-corrected chi connectivity index (χ0v) is 13.4. The molecular formula is C18H20O5. The first-order chi connectivity index (χ1) is 10.9. The number of allylic oxidation sites excluding steroid dienone is 1. The molecule has 122 valence electrons. The van der Waals surface area contributed by atoms with Gasteiger partial charge in [0.05, 0.1) is 7.11 Å². The predicted molar refractivity (Wildman–Crippen MR) is 88.2 cm³/mol. The maximum Gasteiger partial charge on any atom is 0.338 e. The number of carbonyl (C=O) groups is 3. The molecule has 0 aromatic heterocycles. The summed E-state index contributed by atoms with van der Waals surface area (Å²) in [7, 11) is 1.33. The lowest BCUT2D eigenvalue weighted by atomic mass is 10.2. The van der Waals surface area contributed by atoms with Crippen LogP contribution in [0, 0.1) is 0 Å². The normalized spacial score (nSPS) is 11.8. The van der Waals surface area contributed by atoms with Crippen LogP contribution in [0.5, 0.6) is 0 Å². The van der Waals surface area contributed by atoms with Crippen molar-refractivity contribution in [3.63, 3.8) is 0 Å². The van der Waals surface area contributed by atoms with Crippen LogP contribution in [-0.2, 0) is 23.9 Å². The van der Waals surface area contributed by atoms with Crippen LogP contribution in [-0.4, -0.2) is 25.0 Å². The minimum absolute atomic E-state index is 0.347. The molecule has 5 heteroatoms. The highest BCUT2D eigenvalue weighted by Gasteiger charge is 2.10. The average molecular weight is 316 g/mol. The van der Waals surface area contributed by atoms with E-state index in [2.05, 4.69) is 34.3 Å². The van der Waals surface area contributed by atoms with Gasteiger partial charge in [0.25, 0.3) is 0 Å². The summed E-state index contributed by atoms with van der Waals surface area (Å²) in [6, 6.07) is 10.3. The predicted octanol–water partition coefficient (Wildman–Crippen LogP) is 3.08. The number of hydrogen-bond donors (Lipinski definition) is 0. The van der Waals surface area contributed by atoms with E-state index in [4.69, 9.17) is 0 Å². The molecule has 0 unspecified atom stereocenters. The second-order valence-corrected chi connectivity index (χ2v) is 4.26. The summed E-state index contributed by atoms with van der Waals surface area (Å²) < 4.78 is 8.25. The van der Waals surface area contributed by atoms with Crippen LogP contribution in [0.15, 0.2) is 60.7 Å². The lowest BCUT2D eigenvalue weighted by molar-refractivity contribution is -0.150. The standard InChI is InChI=1S/C9H10.C5H8O2.C4H2O3/c1-2-6-9-7-4-3-5-8-9;1-4(2)5(6)7-3;5-3-1-2-4(6)7-3/h2-8H,1H3;1H2,2-3H3;1-2H. The van der Waals surface area contributed by atoms with Gasteiger partial charge in [0, 0.05) is 17.7 Å². The van der Waals surface area contributed by atoms with E-state index in [9.17, 15) is 14.4 Å². The number of benzene rings is 1. The first-order valence-electron chi connectivity index (χ1n) is 6.76. The fourth-order valence-corrected chi connectivity index (χ4v) is 1.23. The van der Waals surface area contributed by atoms with E-state index in [1.165, 1.54) is 12.7 Å². The maximum absolute atomic E-state index is 10.2. The van der Waals surface area contributed by atoms with E-state index < -0.39 is 11.9 Å². The molecule has 0 spiro atoms. The van der Waals surface area contributed by atoms with Crippen LogP contribution >= 0.6 is 0 Å². The van der Waals surface area contributed by atoms with Crippen molar-refractivity contribution in [2.24, 2.45) is 0 Å². The fraction of sp³-hybridized carbons (Fsp3) is 0.167. The summed E-state index contributed by atoms with van der Waals surface area (Å²) >= 11 is 0. The molecule has 0 fully saturated rings. The lowest BCUT2D eigenvalue weighted by Crippen LogP contribution is -1.98. The van der Waals surface area contributed by atoms with Crippen molar-refractivity contribution >= 4 is 24.0 Å². The Morgan fingerprint density at radius 1 is 1.13 bits per heavy atom. The third kappa shape index (κ3) is 10.4. The third-order valence-electron chi connectivity index (χ3n) is 2.25. The van der Waals surface area contributed by atoms with Crippen LogP contribution in [0.3, 0.4) is 0 Å². The molecule has 0 saturated heterocycles. The quantitative estimate of drug-likeness (QED) is 0.476. The summed E-state index contributed by atoms with van der Waals surface area (Å²) in [5.41, 5.74) is 1.70. The van der Waals surface area contributed by atoms with Crippen molar-refractivity contribution in [3.05, 3.63) is 66.3 Å². The Bertz CT molecular complexity index is 581. The Labute approximate surface area is 135 Å². The average Bonchev–Trinajstić information content (AvgIpc) is 2.92. The largest absolute Gasteiger partial charge is 0.466 e. The number of ether oxygens (including phenoxy) is 2. The van der Waals surface area contributed by atoms with Crippen molar-refractivity contribution in [1.29, 1.82) is 0 Å². The molecule has 0 aliphatic carbocycles. The molecule has 1 aromatic rings. The first-order valence-corrected chi connectivity index (χ1v) is 6.76. The van der Waals surface area contributed by atoms with Gasteiger partial charge >= 0.3 is 17.9 Å². The van der Waals surface area contributed by atoms with Gasteiger partial charge in [-0.15, -0.1) is 0 Å². The summed E-state index contributed by atoms with van der Waals surface area (Å²) in [5.74, 6) is -1.50. The molecule has 23 heavy (non-hydrogen) atoms. The van der Waals surface area contributed by atoms with Crippen molar-refractivity contribution in [2.45, 2.75) is 13.8 Å². The van der Waals surface area contributed by atoms with Gasteiger partial charge in [-0.3, -0.25) is 0 Å². The number of methoxy groups -OCH3 is 1. The van der Waals surface area contributed by atoms with Gasteiger partial charge in [-0.2, -0.15) is 0 Å². The van der Waals surface area contributed by atoms with Crippen molar-refractivity contribution in [3.8, 4) is 0 Å². The smallest absolute Gasteiger partial charge is 0.338 e. The molecule has 0 atom stereocenters. The van der Waals surface area contributed by atoms with Gasteiger partial charge in [0.15, 0.2) is 0 Å². The molecule has 0 bridgehead atoms. The number of carbonyl (C=O) groups excluding carboxylic acids is 3. The van der Waals surface area contributed by atoms with Crippen LogP contribution < -0.4 is 0 Å². The number of esters is 3. The lowest BCUT2D eigenvalue weighted by Gasteiger charge is -1.91. The molecule has 0 saturated carbocycles. The molecule has 0 N–H and O–H groups in total. The molecular weight excluding hydrogens is 296 g/mol. The Morgan fingerprint density at radius 2 is 1.65 bits per heavy atom. The topological polar surface area (TPSA) is 69.7 Å². The summed E-state index contributed by atoms with van der Waals surface area (Å²) in [6.07, 6.45) is 6.29. The zero-order chi connectivity index (χ0) is 17.7. The van der Waals surface area contributed by atoms with Gasteiger partial charge in [-0.05, 0) is 19.4 Å². The molecule has 1 heterocycles. The van der Waals surface area contributed by atoms with Crippen LogP contribution in [0.2, 0.25) is 0 Å². The van der Waals surface area contributed by atoms with Gasteiger partial charge in [0.2, 0.25) is 0 Å². The van der Waals surface area contributed by atoms with Crippen molar-refractivity contribution in [2.75, 3.05) is 7.11 Å². The van der Waals surface area contributed by atoms with Crippen LogP contribution in [0.25, 0.3) is 6.08 Å². The van der Waals surface area contributed by atoms with Crippen molar-refractivity contribution < 1.29 is 23.9 Å². The minimum Gasteiger partial charge on any atom is -0.466 e. The Balaban J connectivity index is 0.000000320. The molecule has 1 aromatic carbocycles. The molecule has 1 aliphatic rings. The van der Waals surface area contributed by atoms with E-state index in [0.29, 0.717) is 5.57 Å². The van der Waals surface area contributed by atoms with E-state index >= 15 is 0 Å². The third-order valence-corrected chi connectivity index (χ3v) is 2.25. The monoisotopic (exact) mass is 316 g/mol. The summed E-state index contributed by atoms with van der Waals surface area (Å²) in [4.78, 5) is 30.0. The first kappa shape index (κ1) is 20.1. The van der Waals surface area contributed by atoms with Crippen LogP contribution in [0.4, 0.5) is 0 Å². The fourth-order valence-electron chi connectivity index (χ4n) is 1.23.